The van der Waals surface area contributed by atoms with Crippen molar-refractivity contribution in [3.63, 3.8) is 0 Å². The standard InChI is InChI=1S/C17H26N6O/c1-13(14(2)22-11-5-9-19-22)18-12-17(24)21-16-8-10-20-23(16)15-6-3-4-7-15/h5,8-11,13-15,18H,3-4,6-7,12H2,1-2H3,(H,21,24)/t13-,14-/m0/s1. The Morgan fingerprint density at radius 2 is 2.08 bits per heavy atom. The summed E-state index contributed by atoms with van der Waals surface area (Å²) in [5, 5.41) is 14.9. The summed E-state index contributed by atoms with van der Waals surface area (Å²) in [5.74, 6) is 0.746. The molecule has 0 aliphatic heterocycles. The highest BCUT2D eigenvalue weighted by atomic mass is 16.2. The van der Waals surface area contributed by atoms with Gasteiger partial charge in [-0.05, 0) is 32.8 Å². The molecule has 2 heterocycles. The van der Waals surface area contributed by atoms with Crippen LogP contribution in [0.2, 0.25) is 0 Å². The van der Waals surface area contributed by atoms with Gasteiger partial charge in [0.1, 0.15) is 5.82 Å². The van der Waals surface area contributed by atoms with Gasteiger partial charge in [0, 0.05) is 24.5 Å². The first-order chi connectivity index (χ1) is 11.6. The Bertz CT molecular complexity index is 644. The van der Waals surface area contributed by atoms with E-state index in [2.05, 4.69) is 34.7 Å². The Hall–Kier alpha value is -2.15. The maximum Gasteiger partial charge on any atom is 0.239 e. The zero-order chi connectivity index (χ0) is 16.9. The predicted octanol–water partition coefficient (Wildman–Crippen LogP) is 2.37. The van der Waals surface area contributed by atoms with Crippen molar-refractivity contribution in [3.05, 3.63) is 30.7 Å². The second-order valence-corrected chi connectivity index (χ2v) is 6.54. The lowest BCUT2D eigenvalue weighted by Crippen LogP contribution is -2.39. The number of nitrogens with one attached hydrogen (secondary N) is 2. The molecular formula is C17H26N6O. The van der Waals surface area contributed by atoms with Gasteiger partial charge in [0.15, 0.2) is 0 Å². The largest absolute Gasteiger partial charge is 0.310 e. The molecule has 1 saturated carbocycles. The van der Waals surface area contributed by atoms with E-state index in [4.69, 9.17) is 0 Å². The van der Waals surface area contributed by atoms with Crippen LogP contribution in [-0.4, -0.2) is 38.1 Å². The van der Waals surface area contributed by atoms with E-state index >= 15 is 0 Å². The smallest absolute Gasteiger partial charge is 0.239 e. The lowest BCUT2D eigenvalue weighted by molar-refractivity contribution is -0.115. The van der Waals surface area contributed by atoms with E-state index in [1.54, 1.807) is 12.4 Å². The quantitative estimate of drug-likeness (QED) is 0.817. The van der Waals surface area contributed by atoms with Gasteiger partial charge in [-0.25, -0.2) is 4.68 Å². The summed E-state index contributed by atoms with van der Waals surface area (Å²) in [7, 11) is 0. The van der Waals surface area contributed by atoms with Crippen LogP contribution in [0.15, 0.2) is 30.7 Å². The average Bonchev–Trinajstić information content (AvgIpc) is 3.32. The van der Waals surface area contributed by atoms with Gasteiger partial charge >= 0.3 is 0 Å². The Balaban J connectivity index is 1.50. The summed E-state index contributed by atoms with van der Waals surface area (Å²) in [5.41, 5.74) is 0. The predicted molar refractivity (Wildman–Crippen MR) is 92.8 cm³/mol. The van der Waals surface area contributed by atoms with Gasteiger partial charge < -0.3 is 10.6 Å². The molecule has 0 saturated heterocycles. The van der Waals surface area contributed by atoms with Gasteiger partial charge in [0.2, 0.25) is 5.91 Å². The molecule has 2 aromatic heterocycles. The third kappa shape index (κ3) is 3.84. The summed E-state index contributed by atoms with van der Waals surface area (Å²) in [6.07, 6.45) is 10.2. The third-order valence-electron chi connectivity index (χ3n) is 4.86. The van der Waals surface area contributed by atoms with Crippen molar-refractivity contribution < 1.29 is 4.79 Å². The molecule has 24 heavy (non-hydrogen) atoms. The summed E-state index contributed by atoms with van der Waals surface area (Å²) in [6, 6.07) is 4.50. The number of nitrogens with zero attached hydrogens (tertiary/aromatic N) is 4. The first-order valence-electron chi connectivity index (χ1n) is 8.71. The molecule has 7 heteroatoms. The van der Waals surface area contributed by atoms with Gasteiger partial charge in [-0.3, -0.25) is 9.48 Å². The van der Waals surface area contributed by atoms with Crippen LogP contribution in [0.4, 0.5) is 5.82 Å². The lowest BCUT2D eigenvalue weighted by atomic mass is 10.2. The van der Waals surface area contributed by atoms with Crippen molar-refractivity contribution in [2.75, 3.05) is 11.9 Å². The van der Waals surface area contributed by atoms with Crippen LogP contribution in [0.25, 0.3) is 0 Å². The topological polar surface area (TPSA) is 76.8 Å². The fourth-order valence-electron chi connectivity index (χ4n) is 3.21. The molecular weight excluding hydrogens is 304 g/mol. The molecule has 2 aromatic rings. The maximum absolute atomic E-state index is 12.3. The monoisotopic (exact) mass is 330 g/mol. The minimum absolute atomic E-state index is 0.0470. The fourth-order valence-corrected chi connectivity index (χ4v) is 3.21. The van der Waals surface area contributed by atoms with Crippen LogP contribution in [0, 0.1) is 0 Å². The number of anilines is 1. The molecule has 0 radical (unpaired) electrons. The Labute approximate surface area is 142 Å². The average molecular weight is 330 g/mol. The van der Waals surface area contributed by atoms with Crippen molar-refractivity contribution in [2.45, 2.75) is 57.7 Å². The molecule has 1 amide bonds. The molecule has 0 unspecified atom stereocenters. The summed E-state index contributed by atoms with van der Waals surface area (Å²) in [4.78, 5) is 12.3. The van der Waals surface area contributed by atoms with E-state index in [9.17, 15) is 4.79 Å². The van der Waals surface area contributed by atoms with Gasteiger partial charge in [-0.1, -0.05) is 12.8 Å². The fraction of sp³-hybridized carbons (Fsp3) is 0.588. The van der Waals surface area contributed by atoms with E-state index in [0.29, 0.717) is 6.04 Å². The summed E-state index contributed by atoms with van der Waals surface area (Å²) < 4.78 is 3.85. The summed E-state index contributed by atoms with van der Waals surface area (Å²) >= 11 is 0. The number of carbonyl (C=O) groups excluding carboxylic acids is 1. The third-order valence-corrected chi connectivity index (χ3v) is 4.86. The normalized spacial score (nSPS) is 17.8. The molecule has 1 aliphatic carbocycles. The van der Waals surface area contributed by atoms with Gasteiger partial charge in [-0.2, -0.15) is 10.2 Å². The second-order valence-electron chi connectivity index (χ2n) is 6.54. The zero-order valence-corrected chi connectivity index (χ0v) is 14.4. The van der Waals surface area contributed by atoms with Crippen LogP contribution in [0.5, 0.6) is 0 Å². The first kappa shape index (κ1) is 16.7. The first-order valence-corrected chi connectivity index (χ1v) is 8.71. The van der Waals surface area contributed by atoms with Crippen molar-refractivity contribution in [3.8, 4) is 0 Å². The number of aromatic nitrogens is 4. The minimum Gasteiger partial charge on any atom is -0.310 e. The highest BCUT2D eigenvalue weighted by Crippen LogP contribution is 2.31. The van der Waals surface area contributed by atoms with E-state index in [1.807, 2.05) is 27.7 Å². The Morgan fingerprint density at radius 3 is 2.79 bits per heavy atom. The number of rotatable bonds is 7. The highest BCUT2D eigenvalue weighted by Gasteiger charge is 2.21. The Morgan fingerprint density at radius 1 is 1.29 bits per heavy atom. The number of hydrogen-bond acceptors (Lipinski definition) is 4. The van der Waals surface area contributed by atoms with E-state index in [1.165, 1.54) is 12.8 Å². The van der Waals surface area contributed by atoms with Crippen molar-refractivity contribution >= 4 is 11.7 Å². The van der Waals surface area contributed by atoms with E-state index in [0.717, 1.165) is 18.7 Å². The molecule has 3 rings (SSSR count). The molecule has 0 aromatic carbocycles. The van der Waals surface area contributed by atoms with Crippen LogP contribution in [0.1, 0.15) is 51.6 Å². The SMILES string of the molecule is C[C@H](NCC(=O)Nc1ccnn1C1CCCC1)[C@H](C)n1cccn1. The maximum atomic E-state index is 12.3. The van der Waals surface area contributed by atoms with Crippen LogP contribution >= 0.6 is 0 Å². The van der Waals surface area contributed by atoms with Crippen LogP contribution in [-0.2, 0) is 4.79 Å². The van der Waals surface area contributed by atoms with Gasteiger partial charge in [0.05, 0.1) is 24.8 Å². The molecule has 0 bridgehead atoms. The van der Waals surface area contributed by atoms with Crippen molar-refractivity contribution in [1.29, 1.82) is 0 Å². The second kappa shape index (κ2) is 7.61. The Kier molecular flexibility index (Phi) is 5.30. The van der Waals surface area contributed by atoms with Crippen molar-refractivity contribution in [1.82, 2.24) is 24.9 Å². The van der Waals surface area contributed by atoms with E-state index < -0.39 is 0 Å². The molecule has 130 valence electrons. The van der Waals surface area contributed by atoms with Gasteiger partial charge in [0.25, 0.3) is 0 Å². The highest BCUT2D eigenvalue weighted by molar-refractivity contribution is 5.91. The van der Waals surface area contributed by atoms with Crippen molar-refractivity contribution in [2.24, 2.45) is 0 Å². The molecule has 2 atom stereocenters. The molecule has 1 aliphatic rings. The molecule has 7 nitrogen and oxygen atoms in total. The molecule has 0 spiro atoms. The van der Waals surface area contributed by atoms with Crippen LogP contribution < -0.4 is 10.6 Å². The number of carbonyl (C=O) groups is 1. The number of hydrogen-bond donors (Lipinski definition) is 2. The molecule has 1 fully saturated rings. The lowest BCUT2D eigenvalue weighted by Gasteiger charge is -2.21. The number of amides is 1. The zero-order valence-electron chi connectivity index (χ0n) is 14.4. The molecule has 2 N–H and O–H groups in total. The van der Waals surface area contributed by atoms with Crippen LogP contribution in [0.3, 0.4) is 0 Å². The summed E-state index contributed by atoms with van der Waals surface area (Å²) in [6.45, 7) is 4.41. The van der Waals surface area contributed by atoms with Gasteiger partial charge in [-0.15, -0.1) is 0 Å². The minimum atomic E-state index is -0.0470. The van der Waals surface area contributed by atoms with E-state index in [-0.39, 0.29) is 24.5 Å².